The zero-order chi connectivity index (χ0) is 10.3. The van der Waals surface area contributed by atoms with Crippen molar-refractivity contribution in [1.82, 2.24) is 5.32 Å². The van der Waals surface area contributed by atoms with Gasteiger partial charge in [0.05, 0.1) is 0 Å². The molecule has 0 aromatic heterocycles. The summed E-state index contributed by atoms with van der Waals surface area (Å²) in [4.78, 5) is 0. The first kappa shape index (κ1) is 9.34. The number of benzene rings is 1. The Kier molecular flexibility index (Phi) is 2.24. The highest BCUT2D eigenvalue weighted by molar-refractivity contribution is 5.33. The molecule has 2 aliphatic carbocycles. The van der Waals surface area contributed by atoms with Crippen molar-refractivity contribution >= 4 is 0 Å². The molecule has 1 fully saturated rings. The molecule has 0 saturated heterocycles. The molecule has 1 aromatic rings. The molecule has 15 heavy (non-hydrogen) atoms. The minimum Gasteiger partial charge on any atom is -0.307 e. The second-order valence-corrected chi connectivity index (χ2v) is 4.73. The molecule has 0 amide bonds. The van der Waals surface area contributed by atoms with E-state index in [4.69, 9.17) is 0 Å². The van der Waals surface area contributed by atoms with Crippen molar-refractivity contribution in [3.63, 3.8) is 0 Å². The monoisotopic (exact) mass is 205 g/mol. The van der Waals surface area contributed by atoms with E-state index in [0.717, 1.165) is 12.5 Å². The van der Waals surface area contributed by atoms with E-state index in [9.17, 15) is 4.39 Å². The second kappa shape index (κ2) is 3.60. The third kappa shape index (κ3) is 1.91. The molecule has 1 unspecified atom stereocenters. The van der Waals surface area contributed by atoms with Gasteiger partial charge in [-0.2, -0.15) is 0 Å². The minimum atomic E-state index is -0.0965. The van der Waals surface area contributed by atoms with Crippen molar-refractivity contribution in [3.8, 4) is 0 Å². The molecule has 80 valence electrons. The number of hydrogen-bond donors (Lipinski definition) is 1. The van der Waals surface area contributed by atoms with Gasteiger partial charge in [-0.15, -0.1) is 0 Å². The van der Waals surface area contributed by atoms with Gasteiger partial charge in [0, 0.05) is 12.1 Å². The van der Waals surface area contributed by atoms with E-state index in [2.05, 4.69) is 5.32 Å². The van der Waals surface area contributed by atoms with Gasteiger partial charge >= 0.3 is 0 Å². The summed E-state index contributed by atoms with van der Waals surface area (Å²) in [7, 11) is 0. The fourth-order valence-electron chi connectivity index (χ4n) is 2.49. The van der Waals surface area contributed by atoms with Crippen LogP contribution in [0.1, 0.15) is 42.9 Å². The van der Waals surface area contributed by atoms with Gasteiger partial charge in [0.15, 0.2) is 0 Å². The highest BCUT2D eigenvalue weighted by atomic mass is 19.1. The van der Waals surface area contributed by atoms with E-state index >= 15 is 0 Å². The van der Waals surface area contributed by atoms with Crippen molar-refractivity contribution in [2.45, 2.75) is 44.2 Å². The minimum absolute atomic E-state index is 0.0965. The fraction of sp³-hybridized carbons (Fsp3) is 0.538. The lowest BCUT2D eigenvalue weighted by Crippen LogP contribution is -2.26. The fourth-order valence-corrected chi connectivity index (χ4v) is 2.49. The van der Waals surface area contributed by atoms with E-state index in [0.29, 0.717) is 6.04 Å². The van der Waals surface area contributed by atoms with Gasteiger partial charge in [-0.1, -0.05) is 6.07 Å². The largest absolute Gasteiger partial charge is 0.307 e. The molecule has 0 spiro atoms. The third-order valence-corrected chi connectivity index (χ3v) is 3.43. The summed E-state index contributed by atoms with van der Waals surface area (Å²) < 4.78 is 13.1. The van der Waals surface area contributed by atoms with Crippen LogP contribution in [-0.2, 0) is 6.42 Å². The first-order valence-corrected chi connectivity index (χ1v) is 5.87. The zero-order valence-electron chi connectivity index (χ0n) is 8.80. The van der Waals surface area contributed by atoms with Gasteiger partial charge < -0.3 is 5.32 Å². The molecule has 3 rings (SSSR count). The highest BCUT2D eigenvalue weighted by Crippen LogP contribution is 2.33. The van der Waals surface area contributed by atoms with Crippen LogP contribution in [0.3, 0.4) is 0 Å². The van der Waals surface area contributed by atoms with Crippen LogP contribution in [0.25, 0.3) is 0 Å². The average molecular weight is 205 g/mol. The van der Waals surface area contributed by atoms with Crippen LogP contribution in [-0.4, -0.2) is 6.04 Å². The maximum absolute atomic E-state index is 13.1. The molecule has 0 bridgehead atoms. The van der Waals surface area contributed by atoms with Gasteiger partial charge in [0.1, 0.15) is 5.82 Å². The van der Waals surface area contributed by atoms with Crippen molar-refractivity contribution in [3.05, 3.63) is 35.1 Å². The van der Waals surface area contributed by atoms with Crippen molar-refractivity contribution in [2.24, 2.45) is 0 Å². The van der Waals surface area contributed by atoms with Crippen LogP contribution in [0.2, 0.25) is 0 Å². The maximum atomic E-state index is 13.1. The first-order valence-electron chi connectivity index (χ1n) is 5.87. The molecule has 1 aromatic carbocycles. The SMILES string of the molecule is Fc1ccc2c(c1)CCCC2NC1CC1. The number of aryl methyl sites for hydroxylation is 1. The van der Waals surface area contributed by atoms with Gasteiger partial charge in [0.2, 0.25) is 0 Å². The summed E-state index contributed by atoms with van der Waals surface area (Å²) in [5.74, 6) is -0.0965. The predicted molar refractivity (Wildman–Crippen MR) is 58.2 cm³/mol. The summed E-state index contributed by atoms with van der Waals surface area (Å²) in [6.45, 7) is 0. The number of halogens is 1. The molecule has 0 heterocycles. The lowest BCUT2D eigenvalue weighted by molar-refractivity contribution is 0.455. The lowest BCUT2D eigenvalue weighted by Gasteiger charge is -2.26. The van der Waals surface area contributed by atoms with Crippen molar-refractivity contribution in [1.29, 1.82) is 0 Å². The molecule has 0 radical (unpaired) electrons. The van der Waals surface area contributed by atoms with Crippen LogP contribution in [0, 0.1) is 5.82 Å². The Balaban J connectivity index is 1.87. The summed E-state index contributed by atoms with van der Waals surface area (Å²) in [6, 6.07) is 6.46. The van der Waals surface area contributed by atoms with Gasteiger partial charge in [-0.25, -0.2) is 4.39 Å². The Hall–Kier alpha value is -0.890. The summed E-state index contributed by atoms with van der Waals surface area (Å²) in [6.07, 6.45) is 6.05. The topological polar surface area (TPSA) is 12.0 Å². The van der Waals surface area contributed by atoms with Crippen LogP contribution in [0.15, 0.2) is 18.2 Å². The highest BCUT2D eigenvalue weighted by Gasteiger charge is 2.27. The maximum Gasteiger partial charge on any atom is 0.123 e. The first-order chi connectivity index (χ1) is 7.33. The van der Waals surface area contributed by atoms with Gasteiger partial charge in [-0.05, 0) is 55.4 Å². The van der Waals surface area contributed by atoms with Gasteiger partial charge in [-0.3, -0.25) is 0 Å². The normalized spacial score (nSPS) is 25.0. The van der Waals surface area contributed by atoms with Crippen LogP contribution >= 0.6 is 0 Å². The Morgan fingerprint density at radius 2 is 2.07 bits per heavy atom. The molecule has 0 aliphatic heterocycles. The molecule has 1 saturated carbocycles. The van der Waals surface area contributed by atoms with E-state index in [1.165, 1.54) is 36.8 Å². The van der Waals surface area contributed by atoms with E-state index in [-0.39, 0.29) is 5.82 Å². The molecule has 2 aliphatic rings. The lowest BCUT2D eigenvalue weighted by atomic mass is 9.87. The predicted octanol–water partition coefficient (Wildman–Crippen LogP) is 2.96. The smallest absolute Gasteiger partial charge is 0.123 e. The number of nitrogens with one attached hydrogen (secondary N) is 1. The van der Waals surface area contributed by atoms with E-state index in [1.54, 1.807) is 12.1 Å². The number of rotatable bonds is 2. The quantitative estimate of drug-likeness (QED) is 0.782. The van der Waals surface area contributed by atoms with E-state index in [1.807, 2.05) is 6.07 Å². The second-order valence-electron chi connectivity index (χ2n) is 4.73. The third-order valence-electron chi connectivity index (χ3n) is 3.43. The van der Waals surface area contributed by atoms with Crippen LogP contribution < -0.4 is 5.32 Å². The molecular weight excluding hydrogens is 189 g/mol. The molecule has 2 heteroatoms. The Morgan fingerprint density at radius 1 is 1.20 bits per heavy atom. The molecule has 1 N–H and O–H groups in total. The average Bonchev–Trinajstić information content (AvgIpc) is 3.01. The number of fused-ring (bicyclic) bond motifs is 1. The zero-order valence-corrected chi connectivity index (χ0v) is 8.80. The van der Waals surface area contributed by atoms with Crippen LogP contribution in [0.5, 0.6) is 0 Å². The summed E-state index contributed by atoms with van der Waals surface area (Å²) in [5.41, 5.74) is 2.54. The Bertz CT molecular complexity index is 371. The number of hydrogen-bond acceptors (Lipinski definition) is 1. The Labute approximate surface area is 89.7 Å². The molecular formula is C13H16FN. The summed E-state index contributed by atoms with van der Waals surface area (Å²) in [5, 5.41) is 3.65. The van der Waals surface area contributed by atoms with Crippen molar-refractivity contribution in [2.75, 3.05) is 0 Å². The molecule has 1 nitrogen and oxygen atoms in total. The van der Waals surface area contributed by atoms with E-state index < -0.39 is 0 Å². The Morgan fingerprint density at radius 3 is 2.87 bits per heavy atom. The summed E-state index contributed by atoms with van der Waals surface area (Å²) >= 11 is 0. The van der Waals surface area contributed by atoms with Crippen molar-refractivity contribution < 1.29 is 4.39 Å². The van der Waals surface area contributed by atoms with Gasteiger partial charge in [0.25, 0.3) is 0 Å². The van der Waals surface area contributed by atoms with Crippen LogP contribution in [0.4, 0.5) is 4.39 Å². The standard InChI is InChI=1S/C13H16FN/c14-10-4-7-12-9(8-10)2-1-3-13(12)15-11-5-6-11/h4,7-8,11,13,15H,1-3,5-6H2. The molecule has 1 atom stereocenters.